The lowest BCUT2D eigenvalue weighted by Crippen LogP contribution is -2.39. The molecule has 2 aliphatic rings. The summed E-state index contributed by atoms with van der Waals surface area (Å²) in [6.45, 7) is 2.38. The van der Waals surface area contributed by atoms with Crippen molar-refractivity contribution in [1.82, 2.24) is 5.01 Å². The zero-order valence-electron chi connectivity index (χ0n) is 13.5. The summed E-state index contributed by atoms with van der Waals surface area (Å²) >= 11 is 0. The van der Waals surface area contributed by atoms with E-state index in [1.165, 1.54) is 24.3 Å². The second-order valence-corrected chi connectivity index (χ2v) is 6.17. The molecular formula is C18H15FN4O2. The van der Waals surface area contributed by atoms with Crippen molar-refractivity contribution in [2.75, 3.05) is 4.90 Å². The van der Waals surface area contributed by atoms with E-state index < -0.39 is 23.8 Å². The first-order valence-electron chi connectivity index (χ1n) is 7.91. The molecular weight excluding hydrogens is 323 g/mol. The lowest BCUT2D eigenvalue weighted by atomic mass is 10.1. The van der Waals surface area contributed by atoms with Gasteiger partial charge < -0.3 is 0 Å². The van der Waals surface area contributed by atoms with Gasteiger partial charge in [0.2, 0.25) is 0 Å². The molecule has 4 rings (SSSR count). The summed E-state index contributed by atoms with van der Waals surface area (Å²) in [7, 11) is 0. The molecule has 126 valence electrons. The Balaban J connectivity index is 1.60. The number of nitrogens with zero attached hydrogens (tertiary/aromatic N) is 4. The summed E-state index contributed by atoms with van der Waals surface area (Å²) in [4.78, 5) is 26.4. The molecule has 2 heterocycles. The maximum absolute atomic E-state index is 13.1. The number of halogens is 1. The van der Waals surface area contributed by atoms with Gasteiger partial charge in [-0.2, -0.15) is 5.11 Å². The second kappa shape index (κ2) is 5.77. The molecule has 25 heavy (non-hydrogen) atoms. The molecule has 0 aliphatic carbocycles. The molecule has 2 aliphatic heterocycles. The first-order chi connectivity index (χ1) is 12.0. The van der Waals surface area contributed by atoms with Crippen LogP contribution in [0.15, 0.2) is 58.9 Å². The average molecular weight is 338 g/mol. The highest BCUT2D eigenvalue weighted by atomic mass is 19.1. The number of imide groups is 1. The Hall–Kier alpha value is -3.09. The molecule has 1 fully saturated rings. The van der Waals surface area contributed by atoms with Crippen molar-refractivity contribution in [3.05, 3.63) is 65.5 Å². The van der Waals surface area contributed by atoms with E-state index in [1.54, 1.807) is 5.01 Å². The summed E-state index contributed by atoms with van der Waals surface area (Å²) < 4.78 is 13.1. The quantitative estimate of drug-likeness (QED) is 0.808. The van der Waals surface area contributed by atoms with Crippen LogP contribution in [-0.2, 0) is 16.1 Å². The van der Waals surface area contributed by atoms with Crippen molar-refractivity contribution < 1.29 is 14.0 Å². The van der Waals surface area contributed by atoms with Crippen LogP contribution in [0.25, 0.3) is 0 Å². The van der Waals surface area contributed by atoms with Crippen molar-refractivity contribution in [1.29, 1.82) is 0 Å². The standard InChI is InChI=1S/C18H15FN4O2/c1-11-3-2-4-12(9-11)10-22-16-15(20-21-22)17(24)23(18(16)25)14-7-5-13(19)6-8-14/h2-9,15-16H,10H2,1H3/t15-,16-/m0/s1. The molecule has 1 saturated heterocycles. The molecule has 2 amide bonds. The van der Waals surface area contributed by atoms with Gasteiger partial charge in [0.25, 0.3) is 11.8 Å². The molecule has 2 atom stereocenters. The molecule has 0 N–H and O–H groups in total. The van der Waals surface area contributed by atoms with Crippen LogP contribution in [-0.4, -0.2) is 28.9 Å². The predicted octanol–water partition coefficient (Wildman–Crippen LogP) is 2.63. The highest BCUT2D eigenvalue weighted by Gasteiger charge is 2.54. The summed E-state index contributed by atoms with van der Waals surface area (Å²) in [5, 5.41) is 9.55. The minimum atomic E-state index is -0.845. The lowest BCUT2D eigenvalue weighted by Gasteiger charge is -2.20. The van der Waals surface area contributed by atoms with Crippen LogP contribution in [0.3, 0.4) is 0 Å². The number of amides is 2. The van der Waals surface area contributed by atoms with Gasteiger partial charge in [0.1, 0.15) is 5.82 Å². The average Bonchev–Trinajstić information content (AvgIpc) is 3.10. The van der Waals surface area contributed by atoms with E-state index >= 15 is 0 Å². The van der Waals surface area contributed by atoms with E-state index in [-0.39, 0.29) is 5.91 Å². The number of aryl methyl sites for hydroxylation is 1. The Morgan fingerprint density at radius 2 is 1.84 bits per heavy atom. The number of fused-ring (bicyclic) bond motifs is 1. The van der Waals surface area contributed by atoms with Crippen molar-refractivity contribution in [2.45, 2.75) is 25.6 Å². The van der Waals surface area contributed by atoms with Crippen molar-refractivity contribution in [2.24, 2.45) is 10.3 Å². The predicted molar refractivity (Wildman–Crippen MR) is 88.0 cm³/mol. The van der Waals surface area contributed by atoms with Gasteiger partial charge in [0.05, 0.1) is 12.2 Å². The van der Waals surface area contributed by atoms with Gasteiger partial charge in [-0.15, -0.1) is 0 Å². The Morgan fingerprint density at radius 3 is 2.56 bits per heavy atom. The summed E-state index contributed by atoms with van der Waals surface area (Å²) in [5.41, 5.74) is 2.43. The molecule has 2 aromatic rings. The third-order valence-corrected chi connectivity index (χ3v) is 4.37. The smallest absolute Gasteiger partial charge is 0.263 e. The Kier molecular flexibility index (Phi) is 3.56. The van der Waals surface area contributed by atoms with Gasteiger partial charge in [0, 0.05) is 0 Å². The third-order valence-electron chi connectivity index (χ3n) is 4.37. The molecule has 0 saturated carbocycles. The van der Waals surface area contributed by atoms with Gasteiger partial charge in [-0.1, -0.05) is 35.1 Å². The monoisotopic (exact) mass is 338 g/mol. The number of rotatable bonds is 3. The van der Waals surface area contributed by atoms with E-state index in [1.807, 2.05) is 31.2 Å². The number of benzene rings is 2. The number of anilines is 1. The second-order valence-electron chi connectivity index (χ2n) is 6.17. The molecule has 2 aromatic carbocycles. The summed E-state index contributed by atoms with van der Waals surface area (Å²) in [6, 6.07) is 11.5. The molecule has 0 bridgehead atoms. The Labute approximate surface area is 143 Å². The van der Waals surface area contributed by atoms with E-state index in [9.17, 15) is 14.0 Å². The molecule has 7 heteroatoms. The number of carbonyl (C=O) groups excluding carboxylic acids is 2. The van der Waals surface area contributed by atoms with E-state index in [0.717, 1.165) is 16.0 Å². The van der Waals surface area contributed by atoms with Gasteiger partial charge in [0.15, 0.2) is 12.1 Å². The van der Waals surface area contributed by atoms with Crippen LogP contribution >= 0.6 is 0 Å². The SMILES string of the molecule is Cc1cccc(CN2N=N[C@@H]3C(=O)N(c4ccc(F)cc4)C(=O)[C@H]32)c1. The molecule has 0 spiro atoms. The van der Waals surface area contributed by atoms with E-state index in [0.29, 0.717) is 12.2 Å². The maximum atomic E-state index is 13.1. The van der Waals surface area contributed by atoms with Crippen LogP contribution in [0.5, 0.6) is 0 Å². The fraction of sp³-hybridized carbons (Fsp3) is 0.222. The van der Waals surface area contributed by atoms with E-state index in [4.69, 9.17) is 0 Å². The third kappa shape index (κ3) is 2.57. The highest BCUT2D eigenvalue weighted by molar-refractivity contribution is 6.25. The molecule has 0 radical (unpaired) electrons. The largest absolute Gasteiger partial charge is 0.271 e. The summed E-state index contributed by atoms with van der Waals surface area (Å²) in [5.74, 6) is -1.25. The van der Waals surface area contributed by atoms with Crippen molar-refractivity contribution >= 4 is 17.5 Å². The first-order valence-corrected chi connectivity index (χ1v) is 7.91. The Morgan fingerprint density at radius 1 is 1.08 bits per heavy atom. The van der Waals surface area contributed by atoms with Crippen LogP contribution in [0, 0.1) is 12.7 Å². The van der Waals surface area contributed by atoms with Gasteiger partial charge >= 0.3 is 0 Å². The minimum Gasteiger partial charge on any atom is -0.271 e. The maximum Gasteiger partial charge on any atom is 0.263 e. The number of hydrogen-bond acceptors (Lipinski definition) is 5. The normalized spacial score (nSPS) is 22.0. The fourth-order valence-corrected chi connectivity index (χ4v) is 3.20. The molecule has 6 nitrogen and oxygen atoms in total. The zero-order chi connectivity index (χ0) is 17.6. The van der Waals surface area contributed by atoms with Crippen LogP contribution < -0.4 is 4.90 Å². The van der Waals surface area contributed by atoms with Crippen LogP contribution in [0.4, 0.5) is 10.1 Å². The van der Waals surface area contributed by atoms with Crippen molar-refractivity contribution in [3.63, 3.8) is 0 Å². The van der Waals surface area contributed by atoms with E-state index in [2.05, 4.69) is 10.3 Å². The van der Waals surface area contributed by atoms with Gasteiger partial charge in [-0.25, -0.2) is 9.29 Å². The van der Waals surface area contributed by atoms with Gasteiger partial charge in [-0.3, -0.25) is 14.6 Å². The number of carbonyl (C=O) groups is 2. The van der Waals surface area contributed by atoms with Crippen LogP contribution in [0.2, 0.25) is 0 Å². The highest BCUT2D eigenvalue weighted by Crippen LogP contribution is 2.32. The van der Waals surface area contributed by atoms with Crippen LogP contribution in [0.1, 0.15) is 11.1 Å². The zero-order valence-corrected chi connectivity index (χ0v) is 13.5. The topological polar surface area (TPSA) is 65.3 Å². The summed E-state index contributed by atoms with van der Waals surface area (Å²) in [6.07, 6.45) is 0. The first kappa shape index (κ1) is 15.4. The molecule has 0 aromatic heterocycles. The fourth-order valence-electron chi connectivity index (χ4n) is 3.20. The number of hydrogen-bond donors (Lipinski definition) is 0. The van der Waals surface area contributed by atoms with Crippen molar-refractivity contribution in [3.8, 4) is 0 Å². The molecule has 0 unspecified atom stereocenters. The Bertz CT molecular complexity index is 881. The van der Waals surface area contributed by atoms with Gasteiger partial charge in [-0.05, 0) is 36.8 Å². The lowest BCUT2D eigenvalue weighted by molar-refractivity contribution is -0.123. The minimum absolute atomic E-state index is 0.344.